The van der Waals surface area contributed by atoms with Gasteiger partial charge >= 0.3 is 0 Å². The zero-order valence-corrected chi connectivity index (χ0v) is 18.0. The number of hydrogen-bond acceptors (Lipinski definition) is 5. The summed E-state index contributed by atoms with van der Waals surface area (Å²) in [5.74, 6) is 0.264. The van der Waals surface area contributed by atoms with Crippen LogP contribution in [0.15, 0.2) is 79.4 Å². The number of hydrogen-bond donors (Lipinski definition) is 1. The van der Waals surface area contributed by atoms with Crippen LogP contribution in [0, 0.1) is 5.82 Å². The molecule has 1 aliphatic heterocycles. The van der Waals surface area contributed by atoms with Gasteiger partial charge in [0.2, 0.25) is 5.91 Å². The molecule has 0 bridgehead atoms. The fourth-order valence-electron chi connectivity index (χ4n) is 4.26. The van der Waals surface area contributed by atoms with E-state index < -0.39 is 0 Å². The van der Waals surface area contributed by atoms with Crippen molar-refractivity contribution in [2.45, 2.75) is 12.8 Å². The highest BCUT2D eigenvalue weighted by Gasteiger charge is 2.17. The third kappa shape index (κ3) is 3.57. The maximum atomic E-state index is 14.6. The van der Waals surface area contributed by atoms with E-state index in [4.69, 9.17) is 0 Å². The first-order valence-electron chi connectivity index (χ1n) is 10.9. The molecule has 0 aliphatic carbocycles. The average molecular weight is 447 g/mol. The van der Waals surface area contributed by atoms with E-state index in [0.717, 1.165) is 33.2 Å². The van der Waals surface area contributed by atoms with Crippen molar-refractivity contribution in [2.24, 2.45) is 0 Å². The Labute approximate surface area is 194 Å². The maximum Gasteiger partial charge on any atom is 0.225 e. The second-order valence-electron chi connectivity index (χ2n) is 8.15. The zero-order valence-electron chi connectivity index (χ0n) is 18.0. The number of aromatic nitrogens is 4. The van der Waals surface area contributed by atoms with Crippen LogP contribution < -0.4 is 5.32 Å². The van der Waals surface area contributed by atoms with Gasteiger partial charge in [-0.1, -0.05) is 12.1 Å². The molecule has 0 atom stereocenters. The lowest BCUT2D eigenvalue weighted by atomic mass is 9.97. The van der Waals surface area contributed by atoms with Crippen molar-refractivity contribution >= 4 is 22.8 Å². The topological polar surface area (TPSA) is 80.7 Å². The number of carbonyl (C=O) groups is 1. The largest absolute Gasteiger partial charge is 0.310 e. The van der Waals surface area contributed by atoms with Crippen LogP contribution in [-0.2, 0) is 11.2 Å². The highest BCUT2D eigenvalue weighted by atomic mass is 19.1. The van der Waals surface area contributed by atoms with Gasteiger partial charge in [-0.2, -0.15) is 0 Å². The summed E-state index contributed by atoms with van der Waals surface area (Å²) in [6.07, 6.45) is 8.09. The van der Waals surface area contributed by atoms with Gasteiger partial charge < -0.3 is 5.32 Å². The Morgan fingerprint density at radius 2 is 1.68 bits per heavy atom. The summed E-state index contributed by atoms with van der Waals surface area (Å²) in [4.78, 5) is 29.6. The van der Waals surface area contributed by atoms with Gasteiger partial charge in [0.25, 0.3) is 0 Å². The summed E-state index contributed by atoms with van der Waals surface area (Å²) >= 11 is 0. The van der Waals surface area contributed by atoms with E-state index >= 15 is 0 Å². The van der Waals surface area contributed by atoms with E-state index in [2.05, 4.69) is 25.3 Å². The third-order valence-electron chi connectivity index (χ3n) is 5.96. The van der Waals surface area contributed by atoms with Gasteiger partial charge in [0.05, 0.1) is 5.69 Å². The molecule has 7 heteroatoms. The first-order valence-corrected chi connectivity index (χ1v) is 10.9. The van der Waals surface area contributed by atoms with Crippen LogP contribution in [0.3, 0.4) is 0 Å². The summed E-state index contributed by atoms with van der Waals surface area (Å²) in [5.41, 5.74) is 6.00. The van der Waals surface area contributed by atoms with E-state index in [-0.39, 0.29) is 11.7 Å². The van der Waals surface area contributed by atoms with E-state index in [0.29, 0.717) is 35.6 Å². The van der Waals surface area contributed by atoms with Gasteiger partial charge in [-0.05, 0) is 60.0 Å². The Hall–Kier alpha value is -4.52. The number of fused-ring (bicyclic) bond motifs is 2. The van der Waals surface area contributed by atoms with E-state index in [1.165, 1.54) is 6.07 Å². The van der Waals surface area contributed by atoms with Crippen molar-refractivity contribution in [3.63, 3.8) is 0 Å². The standard InChI is InChI=1S/C27H18FN5O/c28-23-6-2-1-4-21(23)24-12-22(20-5-3-9-30-27(20)32-24)19-11-17(13-29-14-19)18-10-16-7-8-25(34)33-26(16)31-15-18/h1-6,9-15H,7-8H2,(H,31,33,34). The number of pyridine rings is 4. The fourth-order valence-corrected chi connectivity index (χ4v) is 4.26. The molecule has 1 aromatic carbocycles. The lowest BCUT2D eigenvalue weighted by molar-refractivity contribution is -0.116. The Morgan fingerprint density at radius 3 is 2.59 bits per heavy atom. The smallest absolute Gasteiger partial charge is 0.225 e. The molecule has 5 aromatic rings. The van der Waals surface area contributed by atoms with Gasteiger partial charge in [-0.3, -0.25) is 9.78 Å². The average Bonchev–Trinajstić information content (AvgIpc) is 2.88. The summed E-state index contributed by atoms with van der Waals surface area (Å²) in [5, 5.41) is 3.67. The monoisotopic (exact) mass is 447 g/mol. The predicted octanol–water partition coefficient (Wildman–Crippen LogP) is 5.44. The summed E-state index contributed by atoms with van der Waals surface area (Å²) < 4.78 is 14.6. The zero-order chi connectivity index (χ0) is 23.1. The molecule has 6 nitrogen and oxygen atoms in total. The lowest BCUT2D eigenvalue weighted by Gasteiger charge is -2.16. The van der Waals surface area contributed by atoms with Crippen LogP contribution in [-0.4, -0.2) is 25.8 Å². The van der Waals surface area contributed by atoms with Crippen LogP contribution in [0.1, 0.15) is 12.0 Å². The van der Waals surface area contributed by atoms with Crippen molar-refractivity contribution in [3.8, 4) is 33.5 Å². The number of carbonyl (C=O) groups excluding carboxylic acids is 1. The number of aryl methyl sites for hydroxylation is 1. The summed E-state index contributed by atoms with van der Waals surface area (Å²) in [6, 6.07) is 16.3. The molecule has 1 amide bonds. The fraction of sp³-hybridized carbons (Fsp3) is 0.0741. The molecular weight excluding hydrogens is 429 g/mol. The molecule has 5 heterocycles. The maximum absolute atomic E-state index is 14.6. The molecule has 34 heavy (non-hydrogen) atoms. The number of halogens is 1. The van der Waals surface area contributed by atoms with Crippen LogP contribution in [0.4, 0.5) is 10.2 Å². The molecule has 0 fully saturated rings. The van der Waals surface area contributed by atoms with Crippen molar-refractivity contribution in [2.75, 3.05) is 5.32 Å². The van der Waals surface area contributed by atoms with Crippen LogP contribution >= 0.6 is 0 Å². The Balaban J connectivity index is 1.49. The first-order chi connectivity index (χ1) is 16.7. The second kappa shape index (κ2) is 8.12. The number of anilines is 1. The number of benzene rings is 1. The van der Waals surface area contributed by atoms with E-state index in [1.807, 2.05) is 30.3 Å². The number of nitrogens with zero attached hydrogens (tertiary/aromatic N) is 4. The molecule has 0 spiro atoms. The van der Waals surface area contributed by atoms with Crippen LogP contribution in [0.2, 0.25) is 0 Å². The Morgan fingerprint density at radius 1 is 0.824 bits per heavy atom. The minimum atomic E-state index is -0.338. The van der Waals surface area contributed by atoms with Gasteiger partial charge in [0, 0.05) is 58.8 Å². The molecule has 6 rings (SSSR count). The number of rotatable bonds is 3. The highest BCUT2D eigenvalue weighted by molar-refractivity contribution is 5.96. The first kappa shape index (κ1) is 20.1. The van der Waals surface area contributed by atoms with Crippen molar-refractivity contribution < 1.29 is 9.18 Å². The van der Waals surface area contributed by atoms with Crippen molar-refractivity contribution in [1.29, 1.82) is 0 Å². The second-order valence-corrected chi connectivity index (χ2v) is 8.15. The van der Waals surface area contributed by atoms with Gasteiger partial charge in [0.15, 0.2) is 5.65 Å². The predicted molar refractivity (Wildman–Crippen MR) is 128 cm³/mol. The van der Waals surface area contributed by atoms with Crippen LogP contribution in [0.5, 0.6) is 0 Å². The Bertz CT molecular complexity index is 1580. The lowest BCUT2D eigenvalue weighted by Crippen LogP contribution is -2.20. The minimum absolute atomic E-state index is 0.0137. The molecule has 0 radical (unpaired) electrons. The molecule has 0 saturated heterocycles. The van der Waals surface area contributed by atoms with E-state index in [1.54, 1.807) is 43.0 Å². The molecule has 4 aromatic heterocycles. The van der Waals surface area contributed by atoms with Crippen molar-refractivity contribution in [3.05, 3.63) is 90.8 Å². The molecule has 1 N–H and O–H groups in total. The number of nitrogens with one attached hydrogen (secondary N) is 1. The van der Waals surface area contributed by atoms with E-state index in [9.17, 15) is 9.18 Å². The molecule has 164 valence electrons. The quantitative estimate of drug-likeness (QED) is 0.398. The van der Waals surface area contributed by atoms with Gasteiger partial charge in [0.1, 0.15) is 11.6 Å². The van der Waals surface area contributed by atoms with Crippen molar-refractivity contribution in [1.82, 2.24) is 19.9 Å². The third-order valence-corrected chi connectivity index (χ3v) is 5.96. The SMILES string of the molecule is O=C1CCc2cc(-c3cncc(-c4cc(-c5ccccc5F)nc5ncccc45)c3)cnc2N1. The Kier molecular flexibility index (Phi) is 4.80. The summed E-state index contributed by atoms with van der Waals surface area (Å²) in [7, 11) is 0. The molecular formula is C27H18FN5O. The highest BCUT2D eigenvalue weighted by Crippen LogP contribution is 2.34. The van der Waals surface area contributed by atoms with Crippen LogP contribution in [0.25, 0.3) is 44.5 Å². The summed E-state index contributed by atoms with van der Waals surface area (Å²) in [6.45, 7) is 0. The van der Waals surface area contributed by atoms with Gasteiger partial charge in [-0.15, -0.1) is 0 Å². The molecule has 0 saturated carbocycles. The normalized spacial score (nSPS) is 12.9. The minimum Gasteiger partial charge on any atom is -0.310 e. The van der Waals surface area contributed by atoms with Gasteiger partial charge in [-0.25, -0.2) is 19.3 Å². The molecule has 0 unspecified atom stereocenters. The number of amides is 1. The molecule has 1 aliphatic rings.